The summed E-state index contributed by atoms with van der Waals surface area (Å²) >= 11 is 0. The maximum absolute atomic E-state index is 11.6. The molecule has 0 aliphatic rings. The molecule has 5 nitrogen and oxygen atoms in total. The molecular weight excluding hydrogens is 228 g/mol. The first-order valence-electron chi connectivity index (χ1n) is 5.51. The predicted molar refractivity (Wildman–Crippen MR) is 68.1 cm³/mol. The predicted octanol–water partition coefficient (Wildman–Crippen LogP) is 1.69. The van der Waals surface area contributed by atoms with Crippen LogP contribution in [0.15, 0.2) is 41.6 Å². The Morgan fingerprint density at radius 1 is 1.17 bits per heavy atom. The van der Waals surface area contributed by atoms with Gasteiger partial charge >= 0.3 is 0 Å². The molecule has 1 aromatic carbocycles. The van der Waals surface area contributed by atoms with Gasteiger partial charge in [-0.05, 0) is 25.1 Å². The van der Waals surface area contributed by atoms with Gasteiger partial charge in [0.15, 0.2) is 0 Å². The summed E-state index contributed by atoms with van der Waals surface area (Å²) in [6.45, 7) is 1.84. The zero-order valence-electron chi connectivity index (χ0n) is 9.71. The number of benzene rings is 1. The second-order valence-corrected chi connectivity index (χ2v) is 3.95. The van der Waals surface area contributed by atoms with Crippen molar-refractivity contribution < 1.29 is 0 Å². The molecule has 0 bridgehead atoms. The van der Waals surface area contributed by atoms with Crippen molar-refractivity contribution in [1.29, 1.82) is 0 Å². The highest BCUT2D eigenvalue weighted by molar-refractivity contribution is 5.82. The van der Waals surface area contributed by atoms with Crippen molar-refractivity contribution in [1.82, 2.24) is 19.9 Å². The molecule has 0 saturated carbocycles. The molecule has 3 aromatic rings. The van der Waals surface area contributed by atoms with Crippen LogP contribution < -0.4 is 5.56 Å². The van der Waals surface area contributed by atoms with Crippen molar-refractivity contribution in [3.8, 4) is 11.3 Å². The summed E-state index contributed by atoms with van der Waals surface area (Å²) in [4.78, 5) is 26.7. The van der Waals surface area contributed by atoms with E-state index >= 15 is 0 Å². The Kier molecular flexibility index (Phi) is 2.37. The summed E-state index contributed by atoms with van der Waals surface area (Å²) in [7, 11) is 0. The van der Waals surface area contributed by atoms with E-state index in [9.17, 15) is 4.79 Å². The number of hydrogen-bond acceptors (Lipinski definition) is 4. The number of aryl methyl sites for hydroxylation is 1. The van der Waals surface area contributed by atoms with Crippen LogP contribution in [0.2, 0.25) is 0 Å². The Morgan fingerprint density at radius 2 is 2.06 bits per heavy atom. The lowest BCUT2D eigenvalue weighted by molar-refractivity contribution is 1.06. The molecule has 18 heavy (non-hydrogen) atoms. The van der Waals surface area contributed by atoms with Gasteiger partial charge in [-0.25, -0.2) is 15.0 Å². The monoisotopic (exact) mass is 238 g/mol. The zero-order chi connectivity index (χ0) is 12.5. The van der Waals surface area contributed by atoms with Gasteiger partial charge in [-0.2, -0.15) is 0 Å². The van der Waals surface area contributed by atoms with Crippen LogP contribution in [0.25, 0.3) is 22.2 Å². The summed E-state index contributed by atoms with van der Waals surface area (Å²) in [5.74, 6) is 0.714. The highest BCUT2D eigenvalue weighted by Crippen LogP contribution is 2.19. The van der Waals surface area contributed by atoms with Crippen molar-refractivity contribution in [2.45, 2.75) is 6.92 Å². The van der Waals surface area contributed by atoms with Crippen LogP contribution in [0.1, 0.15) is 5.82 Å². The van der Waals surface area contributed by atoms with E-state index in [1.165, 1.54) is 6.33 Å². The molecule has 1 N–H and O–H groups in total. The van der Waals surface area contributed by atoms with Crippen LogP contribution in [-0.2, 0) is 0 Å². The summed E-state index contributed by atoms with van der Waals surface area (Å²) < 4.78 is 0. The maximum Gasteiger partial charge on any atom is 0.258 e. The standard InChI is InChI=1S/C13H10N4O/c1-8-14-5-4-11(17-8)9-2-3-10-12(6-9)15-7-16-13(10)18/h2-7H,1H3,(H,15,16,18). The minimum Gasteiger partial charge on any atom is -0.313 e. The van der Waals surface area contributed by atoms with Crippen LogP contribution in [0.5, 0.6) is 0 Å². The van der Waals surface area contributed by atoms with Crippen molar-refractivity contribution in [2.24, 2.45) is 0 Å². The van der Waals surface area contributed by atoms with Gasteiger partial charge in [-0.15, -0.1) is 0 Å². The fraction of sp³-hybridized carbons (Fsp3) is 0.0769. The molecule has 0 amide bonds. The lowest BCUT2D eigenvalue weighted by atomic mass is 10.1. The molecule has 0 unspecified atom stereocenters. The van der Waals surface area contributed by atoms with E-state index in [0.29, 0.717) is 16.7 Å². The van der Waals surface area contributed by atoms with Gasteiger partial charge in [-0.1, -0.05) is 6.07 Å². The second kappa shape index (κ2) is 4.03. The number of hydrogen-bond donors (Lipinski definition) is 1. The van der Waals surface area contributed by atoms with Crippen molar-refractivity contribution >= 4 is 10.9 Å². The number of nitrogens with one attached hydrogen (secondary N) is 1. The van der Waals surface area contributed by atoms with Crippen molar-refractivity contribution in [3.05, 3.63) is 53.0 Å². The number of H-pyrrole nitrogens is 1. The van der Waals surface area contributed by atoms with E-state index in [4.69, 9.17) is 0 Å². The molecule has 0 aliphatic carbocycles. The Balaban J connectivity index is 2.23. The Labute approximate surface area is 103 Å². The Morgan fingerprint density at radius 3 is 2.89 bits per heavy atom. The van der Waals surface area contributed by atoms with Crippen LogP contribution in [-0.4, -0.2) is 19.9 Å². The molecule has 5 heteroatoms. The Hall–Kier alpha value is -2.56. The molecule has 88 valence electrons. The molecule has 0 spiro atoms. The molecular formula is C13H10N4O. The molecule has 0 radical (unpaired) electrons. The van der Waals surface area contributed by atoms with E-state index in [2.05, 4.69) is 19.9 Å². The lowest BCUT2D eigenvalue weighted by Gasteiger charge is -2.02. The van der Waals surface area contributed by atoms with Crippen molar-refractivity contribution in [3.63, 3.8) is 0 Å². The first-order chi connectivity index (χ1) is 8.74. The molecule has 0 aliphatic heterocycles. The van der Waals surface area contributed by atoms with E-state index < -0.39 is 0 Å². The van der Waals surface area contributed by atoms with Crippen molar-refractivity contribution in [2.75, 3.05) is 0 Å². The summed E-state index contributed by atoms with van der Waals surface area (Å²) in [5, 5.41) is 0.576. The largest absolute Gasteiger partial charge is 0.313 e. The number of aromatic amines is 1. The molecule has 0 saturated heterocycles. The molecule has 3 rings (SSSR count). The lowest BCUT2D eigenvalue weighted by Crippen LogP contribution is -2.05. The summed E-state index contributed by atoms with van der Waals surface area (Å²) in [5.41, 5.74) is 2.27. The zero-order valence-corrected chi connectivity index (χ0v) is 9.71. The van der Waals surface area contributed by atoms with Gasteiger partial charge in [0.05, 0.1) is 22.9 Å². The first-order valence-corrected chi connectivity index (χ1v) is 5.51. The van der Waals surface area contributed by atoms with E-state index in [1.54, 1.807) is 12.3 Å². The molecule has 2 heterocycles. The average molecular weight is 238 g/mol. The first kappa shape index (κ1) is 10.6. The van der Waals surface area contributed by atoms with Crippen LogP contribution in [0, 0.1) is 6.92 Å². The Bertz CT molecular complexity index is 779. The third-order valence-corrected chi connectivity index (χ3v) is 2.71. The normalized spacial score (nSPS) is 10.7. The van der Waals surface area contributed by atoms with Gasteiger partial charge < -0.3 is 4.98 Å². The minimum absolute atomic E-state index is 0.134. The van der Waals surface area contributed by atoms with Crippen LogP contribution in [0.4, 0.5) is 0 Å². The number of rotatable bonds is 1. The maximum atomic E-state index is 11.6. The van der Waals surface area contributed by atoms with Crippen LogP contribution in [0.3, 0.4) is 0 Å². The number of nitrogens with zero attached hydrogens (tertiary/aromatic N) is 3. The van der Waals surface area contributed by atoms with Gasteiger partial charge in [0.2, 0.25) is 0 Å². The topological polar surface area (TPSA) is 71.5 Å². The molecule has 2 aromatic heterocycles. The summed E-state index contributed by atoms with van der Waals surface area (Å²) in [6, 6.07) is 7.31. The highest BCUT2D eigenvalue weighted by atomic mass is 16.1. The van der Waals surface area contributed by atoms with Crippen LogP contribution >= 0.6 is 0 Å². The van der Waals surface area contributed by atoms with Gasteiger partial charge in [0.25, 0.3) is 5.56 Å². The smallest absolute Gasteiger partial charge is 0.258 e. The number of fused-ring (bicyclic) bond motifs is 1. The molecule has 0 fully saturated rings. The molecule has 0 atom stereocenters. The SMILES string of the molecule is Cc1nccc(-c2ccc3c(=O)[nH]cnc3c2)n1. The third-order valence-electron chi connectivity index (χ3n) is 2.71. The average Bonchev–Trinajstić information content (AvgIpc) is 2.39. The van der Waals surface area contributed by atoms with Gasteiger partial charge in [0.1, 0.15) is 5.82 Å². The summed E-state index contributed by atoms with van der Waals surface area (Å²) in [6.07, 6.45) is 3.12. The number of aromatic nitrogens is 4. The van der Waals surface area contributed by atoms with E-state index in [-0.39, 0.29) is 5.56 Å². The van der Waals surface area contributed by atoms with E-state index in [1.807, 2.05) is 25.1 Å². The second-order valence-electron chi connectivity index (χ2n) is 3.95. The van der Waals surface area contributed by atoms with Gasteiger partial charge in [0, 0.05) is 11.8 Å². The quantitative estimate of drug-likeness (QED) is 0.700. The van der Waals surface area contributed by atoms with Gasteiger partial charge in [-0.3, -0.25) is 4.79 Å². The fourth-order valence-electron chi connectivity index (χ4n) is 1.84. The highest BCUT2D eigenvalue weighted by Gasteiger charge is 2.04. The minimum atomic E-state index is -0.134. The van der Waals surface area contributed by atoms with E-state index in [0.717, 1.165) is 11.3 Å². The third kappa shape index (κ3) is 1.75. The fourth-order valence-corrected chi connectivity index (χ4v) is 1.84.